The minimum absolute atomic E-state index is 0.0957. The molecule has 0 unspecified atom stereocenters. The smallest absolute Gasteiger partial charge is 0.270 e. The number of halogens is 1. The summed E-state index contributed by atoms with van der Waals surface area (Å²) < 4.78 is 0.545. The Bertz CT molecular complexity index is 477. The van der Waals surface area contributed by atoms with Crippen LogP contribution in [0, 0.1) is 10.1 Å². The van der Waals surface area contributed by atoms with Crippen LogP contribution < -0.4 is 5.32 Å². The molecule has 0 fully saturated rings. The number of nitrogens with zero attached hydrogens (tertiary/aromatic N) is 2. The third-order valence-electron chi connectivity index (χ3n) is 2.47. The second-order valence-corrected chi connectivity index (χ2v) is 5.19. The van der Waals surface area contributed by atoms with Crippen molar-refractivity contribution in [1.82, 2.24) is 10.2 Å². The number of non-ortho nitro benzene ring substituents is 1. The van der Waals surface area contributed by atoms with E-state index in [1.165, 1.54) is 18.2 Å². The number of rotatable bonds is 6. The second kappa shape index (κ2) is 7.20. The Morgan fingerprint density at radius 1 is 1.47 bits per heavy atom. The SMILES string of the molecule is CN(C)CCCNC(=O)c1cc([N+](=O)[O-])ccc1Br. The topological polar surface area (TPSA) is 75.5 Å². The lowest BCUT2D eigenvalue weighted by Gasteiger charge is -2.10. The summed E-state index contributed by atoms with van der Waals surface area (Å²) in [6.45, 7) is 1.41. The average Bonchev–Trinajstić information content (AvgIpc) is 2.34. The monoisotopic (exact) mass is 329 g/mol. The maximum Gasteiger partial charge on any atom is 0.270 e. The molecule has 0 aromatic heterocycles. The maximum absolute atomic E-state index is 11.9. The van der Waals surface area contributed by atoms with Crippen molar-refractivity contribution < 1.29 is 9.72 Å². The highest BCUT2D eigenvalue weighted by Crippen LogP contribution is 2.22. The van der Waals surface area contributed by atoms with Crippen molar-refractivity contribution in [3.63, 3.8) is 0 Å². The molecule has 0 saturated heterocycles. The third-order valence-corrected chi connectivity index (χ3v) is 3.16. The van der Waals surface area contributed by atoms with Gasteiger partial charge in [-0.05, 0) is 49.1 Å². The molecule has 6 nitrogen and oxygen atoms in total. The number of carbonyl (C=O) groups excluding carboxylic acids is 1. The molecule has 1 N–H and O–H groups in total. The van der Waals surface area contributed by atoms with Crippen molar-refractivity contribution in [2.24, 2.45) is 0 Å². The van der Waals surface area contributed by atoms with E-state index in [0.717, 1.165) is 13.0 Å². The molecule has 1 amide bonds. The lowest BCUT2D eigenvalue weighted by molar-refractivity contribution is -0.384. The number of hydrogen-bond donors (Lipinski definition) is 1. The Hall–Kier alpha value is -1.47. The Balaban J connectivity index is 2.66. The fourth-order valence-electron chi connectivity index (χ4n) is 1.49. The van der Waals surface area contributed by atoms with Crippen molar-refractivity contribution >= 4 is 27.5 Å². The van der Waals surface area contributed by atoms with Gasteiger partial charge in [0.05, 0.1) is 10.5 Å². The molecule has 0 aliphatic rings. The molecule has 0 radical (unpaired) electrons. The molecule has 1 aromatic rings. The molecule has 1 rings (SSSR count). The van der Waals surface area contributed by atoms with Gasteiger partial charge in [0.25, 0.3) is 11.6 Å². The zero-order valence-electron chi connectivity index (χ0n) is 10.9. The van der Waals surface area contributed by atoms with Gasteiger partial charge < -0.3 is 10.2 Å². The molecular formula is C12H16BrN3O3. The zero-order valence-corrected chi connectivity index (χ0v) is 12.4. The Kier molecular flexibility index (Phi) is 5.91. The molecule has 7 heteroatoms. The molecule has 0 aliphatic carbocycles. The summed E-state index contributed by atoms with van der Waals surface area (Å²) in [7, 11) is 3.91. The quantitative estimate of drug-likeness (QED) is 0.492. The van der Waals surface area contributed by atoms with E-state index in [4.69, 9.17) is 0 Å². The molecule has 0 heterocycles. The number of nitro benzene ring substituents is 1. The third kappa shape index (κ3) is 4.96. The fraction of sp³-hybridized carbons (Fsp3) is 0.417. The summed E-state index contributed by atoms with van der Waals surface area (Å²) in [6, 6.07) is 4.13. The van der Waals surface area contributed by atoms with Crippen LogP contribution in [0.3, 0.4) is 0 Å². The van der Waals surface area contributed by atoms with Crippen LogP contribution in [-0.4, -0.2) is 42.9 Å². The van der Waals surface area contributed by atoms with E-state index >= 15 is 0 Å². The fourth-order valence-corrected chi connectivity index (χ4v) is 1.92. The Labute approximate surface area is 120 Å². The molecule has 104 valence electrons. The summed E-state index contributed by atoms with van der Waals surface area (Å²) in [5, 5.41) is 13.4. The summed E-state index contributed by atoms with van der Waals surface area (Å²) in [5.74, 6) is -0.311. The van der Waals surface area contributed by atoms with Crippen LogP contribution >= 0.6 is 15.9 Å². The zero-order chi connectivity index (χ0) is 14.4. The molecule has 0 bridgehead atoms. The lowest BCUT2D eigenvalue weighted by atomic mass is 10.2. The van der Waals surface area contributed by atoms with E-state index in [0.29, 0.717) is 11.0 Å². The Morgan fingerprint density at radius 3 is 2.74 bits per heavy atom. The van der Waals surface area contributed by atoms with E-state index in [-0.39, 0.29) is 17.2 Å². The normalized spacial score (nSPS) is 10.5. The van der Waals surface area contributed by atoms with Crippen molar-refractivity contribution in [2.75, 3.05) is 27.2 Å². The minimum atomic E-state index is -0.519. The number of amides is 1. The van der Waals surface area contributed by atoms with Gasteiger partial charge in [-0.15, -0.1) is 0 Å². The van der Waals surface area contributed by atoms with Gasteiger partial charge in [0.15, 0.2) is 0 Å². The van der Waals surface area contributed by atoms with Crippen molar-refractivity contribution in [3.8, 4) is 0 Å². The highest BCUT2D eigenvalue weighted by Gasteiger charge is 2.14. The first-order valence-corrected chi connectivity index (χ1v) is 6.58. The first-order chi connectivity index (χ1) is 8.91. The molecule has 19 heavy (non-hydrogen) atoms. The number of nitro groups is 1. The van der Waals surface area contributed by atoms with Gasteiger partial charge in [-0.2, -0.15) is 0 Å². The number of nitrogens with one attached hydrogen (secondary N) is 1. The first-order valence-electron chi connectivity index (χ1n) is 5.78. The van der Waals surface area contributed by atoms with Crippen LogP contribution in [0.25, 0.3) is 0 Å². The molecule has 0 saturated carbocycles. The summed E-state index contributed by atoms with van der Waals surface area (Å²) in [4.78, 5) is 24.1. The van der Waals surface area contributed by atoms with Gasteiger partial charge in [0, 0.05) is 23.2 Å². The van der Waals surface area contributed by atoms with Gasteiger partial charge in [0.1, 0.15) is 0 Å². The van der Waals surface area contributed by atoms with Crippen molar-refractivity contribution in [1.29, 1.82) is 0 Å². The predicted molar refractivity (Wildman–Crippen MR) is 76.3 cm³/mol. The highest BCUT2D eigenvalue weighted by atomic mass is 79.9. The van der Waals surface area contributed by atoms with E-state index in [1.807, 2.05) is 19.0 Å². The molecular weight excluding hydrogens is 314 g/mol. The predicted octanol–water partition coefficient (Wildman–Crippen LogP) is 2.04. The largest absolute Gasteiger partial charge is 0.352 e. The van der Waals surface area contributed by atoms with Gasteiger partial charge >= 0.3 is 0 Å². The van der Waals surface area contributed by atoms with E-state index in [2.05, 4.69) is 21.2 Å². The summed E-state index contributed by atoms with van der Waals surface area (Å²) >= 11 is 3.22. The minimum Gasteiger partial charge on any atom is -0.352 e. The summed E-state index contributed by atoms with van der Waals surface area (Å²) in [6.07, 6.45) is 0.825. The van der Waals surface area contributed by atoms with Crippen molar-refractivity contribution in [2.45, 2.75) is 6.42 Å². The maximum atomic E-state index is 11.9. The standard InChI is InChI=1S/C12H16BrN3O3/c1-15(2)7-3-6-14-12(17)10-8-9(16(18)19)4-5-11(10)13/h4-5,8H,3,6-7H2,1-2H3,(H,14,17). The van der Waals surface area contributed by atoms with Crippen LogP contribution in [0.15, 0.2) is 22.7 Å². The Morgan fingerprint density at radius 2 is 2.16 bits per heavy atom. The molecule has 1 aromatic carbocycles. The van der Waals surface area contributed by atoms with E-state index in [9.17, 15) is 14.9 Å². The van der Waals surface area contributed by atoms with Crippen LogP contribution in [0.5, 0.6) is 0 Å². The van der Waals surface area contributed by atoms with Crippen LogP contribution in [-0.2, 0) is 0 Å². The lowest BCUT2D eigenvalue weighted by Crippen LogP contribution is -2.27. The van der Waals surface area contributed by atoms with Crippen molar-refractivity contribution in [3.05, 3.63) is 38.3 Å². The summed E-state index contributed by atoms with van der Waals surface area (Å²) in [5.41, 5.74) is 0.181. The second-order valence-electron chi connectivity index (χ2n) is 4.33. The van der Waals surface area contributed by atoms with Gasteiger partial charge in [-0.25, -0.2) is 0 Å². The van der Waals surface area contributed by atoms with Gasteiger partial charge in [-0.3, -0.25) is 14.9 Å². The van der Waals surface area contributed by atoms with Crippen LogP contribution in [0.1, 0.15) is 16.8 Å². The molecule has 0 spiro atoms. The molecule has 0 aliphatic heterocycles. The number of benzene rings is 1. The van der Waals surface area contributed by atoms with Gasteiger partial charge in [-0.1, -0.05) is 0 Å². The van der Waals surface area contributed by atoms with Crippen LogP contribution in [0.2, 0.25) is 0 Å². The first kappa shape index (κ1) is 15.6. The van der Waals surface area contributed by atoms with E-state index < -0.39 is 4.92 Å². The van der Waals surface area contributed by atoms with E-state index in [1.54, 1.807) is 0 Å². The number of carbonyl (C=O) groups is 1. The highest BCUT2D eigenvalue weighted by molar-refractivity contribution is 9.10. The average molecular weight is 330 g/mol. The van der Waals surface area contributed by atoms with Gasteiger partial charge in [0.2, 0.25) is 0 Å². The molecule has 0 atom stereocenters. The van der Waals surface area contributed by atoms with Crippen LogP contribution in [0.4, 0.5) is 5.69 Å². The number of hydrogen-bond acceptors (Lipinski definition) is 4.